The number of rotatable bonds is 4. The number of aromatic nitrogens is 1. The highest BCUT2D eigenvalue weighted by Crippen LogP contribution is 2.17. The molecule has 0 spiro atoms. The van der Waals surface area contributed by atoms with Gasteiger partial charge in [0.15, 0.2) is 0 Å². The molecule has 4 nitrogen and oxygen atoms in total. The highest BCUT2D eigenvalue weighted by molar-refractivity contribution is 5.79. The first-order chi connectivity index (χ1) is 10.7. The monoisotopic (exact) mass is 294 g/mol. The summed E-state index contributed by atoms with van der Waals surface area (Å²) < 4.78 is 5.13. The highest BCUT2D eigenvalue weighted by Gasteiger charge is 2.03. The lowest BCUT2D eigenvalue weighted by Crippen LogP contribution is -2.15. The maximum atomic E-state index is 12.2. The molecule has 2 aromatic carbocycles. The van der Waals surface area contributed by atoms with Gasteiger partial charge in [-0.25, -0.2) is 0 Å². The summed E-state index contributed by atoms with van der Waals surface area (Å²) in [6.07, 6.45) is 0. The van der Waals surface area contributed by atoms with Crippen LogP contribution in [0.5, 0.6) is 5.75 Å². The van der Waals surface area contributed by atoms with E-state index < -0.39 is 0 Å². The first-order valence-electron chi connectivity index (χ1n) is 7.16. The van der Waals surface area contributed by atoms with E-state index in [1.54, 1.807) is 7.11 Å². The predicted octanol–water partition coefficient (Wildman–Crippen LogP) is 3.46. The van der Waals surface area contributed by atoms with Crippen molar-refractivity contribution in [2.75, 3.05) is 12.4 Å². The third kappa shape index (κ3) is 2.96. The standard InChI is InChI=1S/C18H18N2O2/c1-12-3-4-13-10-14(18(21)20-17(13)9-12)11-19-15-5-7-16(22-2)8-6-15/h3-10,19H,11H2,1-2H3,(H,20,21). The second-order valence-electron chi connectivity index (χ2n) is 5.30. The van der Waals surface area contributed by atoms with Gasteiger partial charge in [0, 0.05) is 23.3 Å². The van der Waals surface area contributed by atoms with Crippen molar-refractivity contribution in [2.45, 2.75) is 13.5 Å². The Bertz CT molecular complexity index is 851. The summed E-state index contributed by atoms with van der Waals surface area (Å²) in [6.45, 7) is 2.49. The molecule has 3 aromatic rings. The lowest BCUT2D eigenvalue weighted by atomic mass is 10.1. The SMILES string of the molecule is COc1ccc(NCc2cc3ccc(C)cc3[nH]c2=O)cc1. The van der Waals surface area contributed by atoms with Crippen LogP contribution in [0.4, 0.5) is 5.69 Å². The number of nitrogens with one attached hydrogen (secondary N) is 2. The van der Waals surface area contributed by atoms with Crippen molar-refractivity contribution in [1.82, 2.24) is 4.98 Å². The van der Waals surface area contributed by atoms with Crippen LogP contribution in [0.1, 0.15) is 11.1 Å². The van der Waals surface area contributed by atoms with Crippen LogP contribution in [0.3, 0.4) is 0 Å². The Morgan fingerprint density at radius 2 is 1.86 bits per heavy atom. The predicted molar refractivity (Wildman–Crippen MR) is 89.6 cm³/mol. The van der Waals surface area contributed by atoms with E-state index in [1.165, 1.54) is 0 Å². The van der Waals surface area contributed by atoms with Gasteiger partial charge < -0.3 is 15.0 Å². The molecule has 0 aliphatic carbocycles. The molecule has 0 saturated carbocycles. The van der Waals surface area contributed by atoms with E-state index in [-0.39, 0.29) is 5.56 Å². The van der Waals surface area contributed by atoms with Crippen LogP contribution in [0.15, 0.2) is 53.3 Å². The van der Waals surface area contributed by atoms with Crippen LogP contribution in [0, 0.1) is 6.92 Å². The summed E-state index contributed by atoms with van der Waals surface area (Å²) in [5.41, 5.74) is 3.61. The molecule has 0 aliphatic heterocycles. The molecule has 0 amide bonds. The molecule has 2 N–H and O–H groups in total. The van der Waals surface area contributed by atoms with E-state index in [9.17, 15) is 4.79 Å². The van der Waals surface area contributed by atoms with Gasteiger partial charge in [-0.15, -0.1) is 0 Å². The number of ether oxygens (including phenoxy) is 1. The average Bonchev–Trinajstić information content (AvgIpc) is 2.53. The number of hydrogen-bond donors (Lipinski definition) is 2. The molecule has 0 atom stereocenters. The first-order valence-corrected chi connectivity index (χ1v) is 7.16. The first kappa shape index (κ1) is 14.2. The maximum absolute atomic E-state index is 12.2. The molecule has 0 unspecified atom stereocenters. The van der Waals surface area contributed by atoms with Crippen LogP contribution in [0.25, 0.3) is 10.9 Å². The Labute approximate surface area is 128 Å². The summed E-state index contributed by atoms with van der Waals surface area (Å²) >= 11 is 0. The molecule has 4 heteroatoms. The zero-order valence-electron chi connectivity index (χ0n) is 12.6. The van der Waals surface area contributed by atoms with Gasteiger partial charge in [-0.1, -0.05) is 12.1 Å². The van der Waals surface area contributed by atoms with Gasteiger partial charge in [-0.2, -0.15) is 0 Å². The topological polar surface area (TPSA) is 54.1 Å². The van der Waals surface area contributed by atoms with Crippen molar-refractivity contribution >= 4 is 16.6 Å². The smallest absolute Gasteiger partial charge is 0.253 e. The van der Waals surface area contributed by atoms with Gasteiger partial charge in [-0.05, 0) is 54.3 Å². The number of aromatic amines is 1. The zero-order valence-corrected chi connectivity index (χ0v) is 12.6. The van der Waals surface area contributed by atoms with Crippen molar-refractivity contribution in [3.63, 3.8) is 0 Å². The van der Waals surface area contributed by atoms with Crippen LogP contribution in [0.2, 0.25) is 0 Å². The third-order valence-electron chi connectivity index (χ3n) is 3.65. The summed E-state index contributed by atoms with van der Waals surface area (Å²) in [4.78, 5) is 15.1. The molecule has 0 fully saturated rings. The van der Waals surface area contributed by atoms with Crippen molar-refractivity contribution in [3.8, 4) is 5.75 Å². The summed E-state index contributed by atoms with van der Waals surface area (Å²) in [7, 11) is 1.64. The largest absolute Gasteiger partial charge is 0.497 e. The van der Waals surface area contributed by atoms with E-state index in [0.29, 0.717) is 12.1 Å². The molecule has 1 heterocycles. The summed E-state index contributed by atoms with van der Waals surface area (Å²) in [5, 5.41) is 4.29. The lowest BCUT2D eigenvalue weighted by molar-refractivity contribution is 0.415. The normalized spacial score (nSPS) is 10.6. The van der Waals surface area contributed by atoms with Crippen molar-refractivity contribution in [1.29, 1.82) is 0 Å². The molecule has 3 rings (SSSR count). The second-order valence-corrected chi connectivity index (χ2v) is 5.30. The molecule has 0 bridgehead atoms. The number of benzene rings is 2. The minimum absolute atomic E-state index is 0.0564. The van der Waals surface area contributed by atoms with Crippen LogP contribution < -0.4 is 15.6 Å². The van der Waals surface area contributed by atoms with Gasteiger partial charge in [0.25, 0.3) is 5.56 Å². The Morgan fingerprint density at radius 1 is 1.09 bits per heavy atom. The summed E-state index contributed by atoms with van der Waals surface area (Å²) in [5.74, 6) is 0.810. The number of H-pyrrole nitrogens is 1. The number of aryl methyl sites for hydroxylation is 1. The quantitative estimate of drug-likeness (QED) is 0.775. The average molecular weight is 294 g/mol. The Kier molecular flexibility index (Phi) is 3.83. The van der Waals surface area contributed by atoms with Gasteiger partial charge in [-0.3, -0.25) is 4.79 Å². The Balaban J connectivity index is 1.82. The fourth-order valence-corrected chi connectivity index (χ4v) is 2.40. The molecule has 0 radical (unpaired) electrons. The van der Waals surface area contributed by atoms with Crippen LogP contribution >= 0.6 is 0 Å². The summed E-state index contributed by atoms with van der Waals surface area (Å²) in [6, 6.07) is 15.6. The van der Waals surface area contributed by atoms with Crippen molar-refractivity contribution in [3.05, 3.63) is 70.0 Å². The van der Waals surface area contributed by atoms with E-state index >= 15 is 0 Å². The van der Waals surface area contributed by atoms with E-state index in [2.05, 4.69) is 10.3 Å². The number of hydrogen-bond acceptors (Lipinski definition) is 3. The van der Waals surface area contributed by atoms with E-state index in [4.69, 9.17) is 4.74 Å². The van der Waals surface area contributed by atoms with Crippen molar-refractivity contribution < 1.29 is 4.74 Å². The third-order valence-corrected chi connectivity index (χ3v) is 3.65. The maximum Gasteiger partial charge on any atom is 0.253 e. The number of methoxy groups -OCH3 is 1. The van der Waals surface area contributed by atoms with E-state index in [0.717, 1.165) is 27.9 Å². The fraction of sp³-hybridized carbons (Fsp3) is 0.167. The zero-order chi connectivity index (χ0) is 15.5. The highest BCUT2D eigenvalue weighted by atomic mass is 16.5. The molecule has 112 valence electrons. The molecule has 1 aromatic heterocycles. The number of pyridine rings is 1. The molecular formula is C18H18N2O2. The van der Waals surface area contributed by atoms with Crippen LogP contribution in [-0.2, 0) is 6.54 Å². The lowest BCUT2D eigenvalue weighted by Gasteiger charge is -2.08. The van der Waals surface area contributed by atoms with Gasteiger partial charge in [0.1, 0.15) is 5.75 Å². The van der Waals surface area contributed by atoms with Gasteiger partial charge in [0.2, 0.25) is 0 Å². The Morgan fingerprint density at radius 3 is 2.59 bits per heavy atom. The minimum Gasteiger partial charge on any atom is -0.497 e. The second kappa shape index (κ2) is 5.93. The van der Waals surface area contributed by atoms with Gasteiger partial charge >= 0.3 is 0 Å². The van der Waals surface area contributed by atoms with Crippen molar-refractivity contribution in [2.24, 2.45) is 0 Å². The Hall–Kier alpha value is -2.75. The molecule has 0 saturated heterocycles. The molecule has 0 aliphatic rings. The minimum atomic E-state index is -0.0564. The molecule has 22 heavy (non-hydrogen) atoms. The number of anilines is 1. The van der Waals surface area contributed by atoms with Gasteiger partial charge in [0.05, 0.1) is 7.11 Å². The van der Waals surface area contributed by atoms with Crippen LogP contribution in [-0.4, -0.2) is 12.1 Å². The fourth-order valence-electron chi connectivity index (χ4n) is 2.40. The number of fused-ring (bicyclic) bond motifs is 1. The van der Waals surface area contributed by atoms with E-state index in [1.807, 2.05) is 55.5 Å². The molecular weight excluding hydrogens is 276 g/mol.